The van der Waals surface area contributed by atoms with Gasteiger partial charge in [0, 0.05) is 6.54 Å². The zero-order chi connectivity index (χ0) is 15.4. The highest BCUT2D eigenvalue weighted by atomic mass is 19.1. The number of halogens is 3. The van der Waals surface area contributed by atoms with Crippen molar-refractivity contribution < 1.29 is 18.0 Å². The lowest BCUT2D eigenvalue weighted by Crippen LogP contribution is -2.27. The Hall–Kier alpha value is -2.50. The molecule has 21 heavy (non-hydrogen) atoms. The van der Waals surface area contributed by atoms with Crippen LogP contribution < -0.4 is 11.1 Å². The summed E-state index contributed by atoms with van der Waals surface area (Å²) in [5.74, 6) is -2.95. The molecule has 2 aromatic rings. The van der Waals surface area contributed by atoms with Crippen molar-refractivity contribution in [3.8, 4) is 0 Å². The zero-order valence-corrected chi connectivity index (χ0v) is 11.0. The summed E-state index contributed by atoms with van der Waals surface area (Å²) in [5, 5.41) is 2.40. The summed E-state index contributed by atoms with van der Waals surface area (Å²) in [7, 11) is 0. The lowest BCUT2D eigenvalue weighted by Gasteiger charge is -2.08. The number of anilines is 1. The molecule has 6 heteroatoms. The van der Waals surface area contributed by atoms with Crippen molar-refractivity contribution in [1.82, 2.24) is 5.32 Å². The first-order valence-electron chi connectivity index (χ1n) is 6.25. The molecular formula is C15H13F3N2O. The van der Waals surface area contributed by atoms with Crippen LogP contribution in [-0.2, 0) is 6.42 Å². The molecule has 1 amide bonds. The molecule has 3 N–H and O–H groups in total. The Kier molecular flexibility index (Phi) is 4.47. The minimum absolute atomic E-state index is 0.0929. The third kappa shape index (κ3) is 3.53. The van der Waals surface area contributed by atoms with E-state index in [1.807, 2.05) is 0 Å². The van der Waals surface area contributed by atoms with Gasteiger partial charge in [-0.15, -0.1) is 0 Å². The smallest absolute Gasteiger partial charge is 0.254 e. The summed E-state index contributed by atoms with van der Waals surface area (Å²) in [5.41, 5.74) is 4.77. The minimum Gasteiger partial charge on any atom is -0.396 e. The predicted octanol–water partition coefficient (Wildman–Crippen LogP) is 2.66. The van der Waals surface area contributed by atoms with E-state index >= 15 is 0 Å². The number of hydrogen-bond donors (Lipinski definition) is 2. The molecule has 0 aliphatic heterocycles. The maximum Gasteiger partial charge on any atom is 0.254 e. The Balaban J connectivity index is 2.01. The van der Waals surface area contributed by atoms with Crippen molar-refractivity contribution in [2.24, 2.45) is 0 Å². The van der Waals surface area contributed by atoms with Crippen LogP contribution in [0.5, 0.6) is 0 Å². The average molecular weight is 294 g/mol. The van der Waals surface area contributed by atoms with Crippen LogP contribution in [0.15, 0.2) is 36.4 Å². The van der Waals surface area contributed by atoms with Gasteiger partial charge in [0.25, 0.3) is 5.91 Å². The topological polar surface area (TPSA) is 55.1 Å². The molecule has 2 aromatic carbocycles. The monoisotopic (exact) mass is 294 g/mol. The van der Waals surface area contributed by atoms with E-state index in [4.69, 9.17) is 5.73 Å². The SMILES string of the molecule is Nc1cc(F)cc(C(=O)NCCc2ccccc2F)c1F. The summed E-state index contributed by atoms with van der Waals surface area (Å²) in [6.45, 7) is 0.0929. The van der Waals surface area contributed by atoms with Gasteiger partial charge < -0.3 is 11.1 Å². The van der Waals surface area contributed by atoms with Crippen LogP contribution in [0.3, 0.4) is 0 Å². The summed E-state index contributed by atoms with van der Waals surface area (Å²) < 4.78 is 40.1. The van der Waals surface area contributed by atoms with Crippen LogP contribution >= 0.6 is 0 Å². The molecule has 0 spiro atoms. The summed E-state index contributed by atoms with van der Waals surface area (Å²) in [6.07, 6.45) is 0.241. The Morgan fingerprint density at radius 2 is 1.86 bits per heavy atom. The fourth-order valence-corrected chi connectivity index (χ4v) is 1.88. The molecule has 0 saturated carbocycles. The van der Waals surface area contributed by atoms with Crippen LogP contribution in [0.25, 0.3) is 0 Å². The van der Waals surface area contributed by atoms with E-state index in [1.165, 1.54) is 6.07 Å². The molecule has 0 radical (unpaired) electrons. The molecule has 0 fully saturated rings. The van der Waals surface area contributed by atoms with Gasteiger partial charge in [-0.05, 0) is 30.2 Å². The van der Waals surface area contributed by atoms with E-state index in [-0.39, 0.29) is 18.8 Å². The fourth-order valence-electron chi connectivity index (χ4n) is 1.88. The largest absolute Gasteiger partial charge is 0.396 e. The van der Waals surface area contributed by atoms with Gasteiger partial charge in [0.05, 0.1) is 11.3 Å². The maximum absolute atomic E-state index is 13.6. The molecule has 0 heterocycles. The van der Waals surface area contributed by atoms with E-state index in [1.54, 1.807) is 18.2 Å². The van der Waals surface area contributed by atoms with Crippen molar-refractivity contribution in [3.05, 3.63) is 65.0 Å². The molecule has 0 aliphatic carbocycles. The van der Waals surface area contributed by atoms with Gasteiger partial charge in [-0.1, -0.05) is 18.2 Å². The van der Waals surface area contributed by atoms with E-state index in [2.05, 4.69) is 5.32 Å². The summed E-state index contributed by atoms with van der Waals surface area (Å²) in [6, 6.07) is 7.69. The Morgan fingerprint density at radius 1 is 1.14 bits per heavy atom. The highest BCUT2D eigenvalue weighted by Gasteiger charge is 2.15. The number of benzene rings is 2. The van der Waals surface area contributed by atoms with Crippen LogP contribution in [0.2, 0.25) is 0 Å². The third-order valence-electron chi connectivity index (χ3n) is 2.95. The molecule has 0 unspecified atom stereocenters. The molecular weight excluding hydrogens is 281 g/mol. The third-order valence-corrected chi connectivity index (χ3v) is 2.95. The quantitative estimate of drug-likeness (QED) is 0.852. The van der Waals surface area contributed by atoms with E-state index < -0.39 is 28.8 Å². The minimum atomic E-state index is -0.972. The molecule has 110 valence electrons. The zero-order valence-electron chi connectivity index (χ0n) is 11.0. The van der Waals surface area contributed by atoms with Gasteiger partial charge in [-0.3, -0.25) is 4.79 Å². The standard InChI is InChI=1S/C15H13F3N2O/c16-10-7-11(14(18)13(19)8-10)15(21)20-6-5-9-3-1-2-4-12(9)17/h1-4,7-8H,5-6,19H2,(H,20,21). The lowest BCUT2D eigenvalue weighted by molar-refractivity contribution is 0.0949. The van der Waals surface area contributed by atoms with Gasteiger partial charge in [0.2, 0.25) is 0 Å². The predicted molar refractivity (Wildman–Crippen MR) is 73.2 cm³/mol. The van der Waals surface area contributed by atoms with Gasteiger partial charge in [0.15, 0.2) is 5.82 Å². The normalized spacial score (nSPS) is 10.4. The Labute approximate surface area is 119 Å². The second-order valence-corrected chi connectivity index (χ2v) is 4.45. The lowest BCUT2D eigenvalue weighted by atomic mass is 10.1. The average Bonchev–Trinajstić information content (AvgIpc) is 2.44. The number of rotatable bonds is 4. The van der Waals surface area contributed by atoms with Gasteiger partial charge in [0.1, 0.15) is 11.6 Å². The molecule has 2 rings (SSSR count). The van der Waals surface area contributed by atoms with Crippen molar-refractivity contribution in [2.45, 2.75) is 6.42 Å². The van der Waals surface area contributed by atoms with Crippen molar-refractivity contribution >= 4 is 11.6 Å². The van der Waals surface area contributed by atoms with Crippen LogP contribution in [-0.4, -0.2) is 12.5 Å². The highest BCUT2D eigenvalue weighted by Crippen LogP contribution is 2.17. The first-order chi connectivity index (χ1) is 9.99. The molecule has 0 aliphatic rings. The number of carbonyl (C=O) groups excluding carboxylic acids is 1. The maximum atomic E-state index is 13.6. The van der Waals surface area contributed by atoms with Crippen LogP contribution in [0.4, 0.5) is 18.9 Å². The van der Waals surface area contributed by atoms with Crippen molar-refractivity contribution in [2.75, 3.05) is 12.3 Å². The second kappa shape index (κ2) is 6.30. The highest BCUT2D eigenvalue weighted by molar-refractivity contribution is 5.95. The Bertz CT molecular complexity index is 674. The van der Waals surface area contributed by atoms with Gasteiger partial charge in [-0.25, -0.2) is 13.2 Å². The van der Waals surface area contributed by atoms with Crippen LogP contribution in [0.1, 0.15) is 15.9 Å². The second-order valence-electron chi connectivity index (χ2n) is 4.45. The number of nitrogens with two attached hydrogens (primary N) is 1. The number of nitrogens with one attached hydrogen (secondary N) is 1. The Morgan fingerprint density at radius 3 is 2.57 bits per heavy atom. The molecule has 0 saturated heterocycles. The molecule has 0 bridgehead atoms. The summed E-state index contributed by atoms with van der Waals surface area (Å²) >= 11 is 0. The van der Waals surface area contributed by atoms with Gasteiger partial charge >= 0.3 is 0 Å². The summed E-state index contributed by atoms with van der Waals surface area (Å²) in [4.78, 5) is 11.8. The van der Waals surface area contributed by atoms with Crippen molar-refractivity contribution in [3.63, 3.8) is 0 Å². The van der Waals surface area contributed by atoms with Gasteiger partial charge in [-0.2, -0.15) is 0 Å². The van der Waals surface area contributed by atoms with E-state index in [0.29, 0.717) is 5.56 Å². The first-order valence-corrected chi connectivity index (χ1v) is 6.25. The van der Waals surface area contributed by atoms with Crippen molar-refractivity contribution in [1.29, 1.82) is 0 Å². The fraction of sp³-hybridized carbons (Fsp3) is 0.133. The molecule has 0 aromatic heterocycles. The number of amides is 1. The van der Waals surface area contributed by atoms with E-state index in [9.17, 15) is 18.0 Å². The number of carbonyl (C=O) groups is 1. The number of nitrogen functional groups attached to an aromatic ring is 1. The molecule has 3 nitrogen and oxygen atoms in total. The number of hydrogen-bond acceptors (Lipinski definition) is 2. The van der Waals surface area contributed by atoms with Crippen LogP contribution in [0, 0.1) is 17.5 Å². The van der Waals surface area contributed by atoms with E-state index in [0.717, 1.165) is 12.1 Å². The molecule has 0 atom stereocenters. The first kappa shape index (κ1) is 14.9.